The lowest BCUT2D eigenvalue weighted by atomic mass is 10.3. The van der Waals surface area contributed by atoms with Crippen LogP contribution in [-0.4, -0.2) is 24.2 Å². The number of hydrogen-bond acceptors (Lipinski definition) is 4. The van der Waals surface area contributed by atoms with Crippen LogP contribution in [0.2, 0.25) is 0 Å². The summed E-state index contributed by atoms with van der Waals surface area (Å²) in [6.45, 7) is 10.1. The van der Waals surface area contributed by atoms with Crippen LogP contribution < -0.4 is 5.32 Å². The highest BCUT2D eigenvalue weighted by molar-refractivity contribution is 5.05. The molecule has 4 nitrogen and oxygen atoms in total. The van der Waals surface area contributed by atoms with E-state index < -0.39 is 0 Å². The van der Waals surface area contributed by atoms with Gasteiger partial charge in [0.15, 0.2) is 0 Å². The van der Waals surface area contributed by atoms with Gasteiger partial charge in [0, 0.05) is 12.6 Å². The Balaban J connectivity index is 2.30. The van der Waals surface area contributed by atoms with E-state index in [0.717, 1.165) is 30.6 Å². The Kier molecular flexibility index (Phi) is 4.78. The number of nitrogens with one attached hydrogen (secondary N) is 1. The molecule has 1 aromatic heterocycles. The van der Waals surface area contributed by atoms with Crippen LogP contribution in [0.1, 0.15) is 31.2 Å². The van der Waals surface area contributed by atoms with Gasteiger partial charge in [0.1, 0.15) is 5.76 Å². The van der Waals surface area contributed by atoms with E-state index in [4.69, 9.17) is 9.15 Å². The second-order valence-electron chi connectivity index (χ2n) is 3.69. The monoisotopic (exact) mass is 212 g/mol. The first kappa shape index (κ1) is 12.2. The summed E-state index contributed by atoms with van der Waals surface area (Å²) in [5.41, 5.74) is 0.962. The molecule has 4 heteroatoms. The van der Waals surface area contributed by atoms with Gasteiger partial charge in [0.2, 0.25) is 5.89 Å². The largest absolute Gasteiger partial charge is 0.444 e. The molecule has 1 atom stereocenters. The van der Waals surface area contributed by atoms with Gasteiger partial charge in [-0.15, -0.1) is 0 Å². The van der Waals surface area contributed by atoms with Crippen LogP contribution in [0.5, 0.6) is 0 Å². The first-order chi connectivity index (χ1) is 7.13. The van der Waals surface area contributed by atoms with Crippen molar-refractivity contribution in [1.82, 2.24) is 10.3 Å². The van der Waals surface area contributed by atoms with Crippen LogP contribution in [0.25, 0.3) is 0 Å². The standard InChI is InChI=1S/C11H20N2O2/c1-5-14-7-8(2)12-6-11-13-9(3)10(4)15-11/h8,12H,5-7H2,1-4H3. The Morgan fingerprint density at radius 2 is 2.20 bits per heavy atom. The van der Waals surface area contributed by atoms with Gasteiger partial charge in [-0.3, -0.25) is 0 Å². The molecule has 1 unspecified atom stereocenters. The average Bonchev–Trinajstić information content (AvgIpc) is 2.52. The van der Waals surface area contributed by atoms with Gasteiger partial charge in [-0.1, -0.05) is 0 Å². The molecule has 0 saturated heterocycles. The number of nitrogens with zero attached hydrogens (tertiary/aromatic N) is 1. The van der Waals surface area contributed by atoms with Crippen LogP contribution in [0.4, 0.5) is 0 Å². The third kappa shape index (κ3) is 4.01. The lowest BCUT2D eigenvalue weighted by Crippen LogP contribution is -2.30. The number of aryl methyl sites for hydroxylation is 2. The lowest BCUT2D eigenvalue weighted by Gasteiger charge is -2.11. The lowest BCUT2D eigenvalue weighted by molar-refractivity contribution is 0.126. The number of oxazole rings is 1. The summed E-state index contributed by atoms with van der Waals surface area (Å²) in [4.78, 5) is 4.29. The minimum Gasteiger partial charge on any atom is -0.444 e. The average molecular weight is 212 g/mol. The molecule has 0 aliphatic carbocycles. The van der Waals surface area contributed by atoms with Gasteiger partial charge >= 0.3 is 0 Å². The SMILES string of the molecule is CCOCC(C)NCc1nc(C)c(C)o1. The molecule has 86 valence electrons. The Morgan fingerprint density at radius 1 is 1.47 bits per heavy atom. The summed E-state index contributed by atoms with van der Waals surface area (Å²) >= 11 is 0. The molecule has 0 saturated carbocycles. The van der Waals surface area contributed by atoms with E-state index in [1.165, 1.54) is 0 Å². The molecule has 1 aromatic rings. The summed E-state index contributed by atoms with van der Waals surface area (Å²) < 4.78 is 10.8. The Morgan fingerprint density at radius 3 is 2.73 bits per heavy atom. The van der Waals surface area contributed by atoms with Crippen molar-refractivity contribution >= 4 is 0 Å². The van der Waals surface area contributed by atoms with Crippen molar-refractivity contribution in [3.05, 3.63) is 17.3 Å². The number of rotatable bonds is 6. The molecule has 0 aromatic carbocycles. The van der Waals surface area contributed by atoms with Crippen molar-refractivity contribution in [3.63, 3.8) is 0 Å². The maximum absolute atomic E-state index is 5.45. The molecule has 0 fully saturated rings. The first-order valence-corrected chi connectivity index (χ1v) is 5.37. The topological polar surface area (TPSA) is 47.3 Å². The minimum absolute atomic E-state index is 0.317. The fourth-order valence-electron chi connectivity index (χ4n) is 1.23. The third-order valence-corrected chi connectivity index (χ3v) is 2.25. The summed E-state index contributed by atoms with van der Waals surface area (Å²) in [5, 5.41) is 3.29. The van der Waals surface area contributed by atoms with Gasteiger partial charge in [-0.2, -0.15) is 0 Å². The molecule has 0 spiro atoms. The fraction of sp³-hybridized carbons (Fsp3) is 0.727. The molecule has 1 heterocycles. The van der Waals surface area contributed by atoms with Crippen LogP contribution >= 0.6 is 0 Å². The zero-order valence-electron chi connectivity index (χ0n) is 9.96. The van der Waals surface area contributed by atoms with E-state index in [1.807, 2.05) is 20.8 Å². The van der Waals surface area contributed by atoms with Gasteiger partial charge in [0.25, 0.3) is 0 Å². The summed E-state index contributed by atoms with van der Waals surface area (Å²) in [6.07, 6.45) is 0. The molecule has 0 bridgehead atoms. The van der Waals surface area contributed by atoms with E-state index in [-0.39, 0.29) is 0 Å². The Bertz CT molecular complexity index is 277. The molecular formula is C11H20N2O2. The molecular weight excluding hydrogens is 192 g/mol. The highest BCUT2D eigenvalue weighted by Gasteiger charge is 2.07. The molecule has 0 aliphatic heterocycles. The van der Waals surface area contributed by atoms with Crippen molar-refractivity contribution < 1.29 is 9.15 Å². The zero-order valence-corrected chi connectivity index (χ0v) is 9.96. The zero-order chi connectivity index (χ0) is 11.3. The third-order valence-electron chi connectivity index (χ3n) is 2.25. The van der Waals surface area contributed by atoms with Gasteiger partial charge in [-0.05, 0) is 27.7 Å². The quantitative estimate of drug-likeness (QED) is 0.781. The summed E-state index contributed by atoms with van der Waals surface area (Å²) in [7, 11) is 0. The van der Waals surface area contributed by atoms with Crippen molar-refractivity contribution in [2.24, 2.45) is 0 Å². The van der Waals surface area contributed by atoms with Crippen molar-refractivity contribution in [1.29, 1.82) is 0 Å². The summed E-state index contributed by atoms with van der Waals surface area (Å²) in [5.74, 6) is 1.64. The van der Waals surface area contributed by atoms with E-state index in [2.05, 4.69) is 17.2 Å². The Hall–Kier alpha value is -0.870. The summed E-state index contributed by atoms with van der Waals surface area (Å²) in [6, 6.07) is 0.317. The molecule has 0 aliphatic rings. The van der Waals surface area contributed by atoms with Crippen LogP contribution in [0, 0.1) is 13.8 Å². The normalized spacial score (nSPS) is 13.1. The highest BCUT2D eigenvalue weighted by Crippen LogP contribution is 2.07. The smallest absolute Gasteiger partial charge is 0.208 e. The first-order valence-electron chi connectivity index (χ1n) is 5.37. The van der Waals surface area contributed by atoms with Crippen molar-refractivity contribution in [2.45, 2.75) is 40.3 Å². The van der Waals surface area contributed by atoms with Crippen LogP contribution in [0.3, 0.4) is 0 Å². The van der Waals surface area contributed by atoms with Crippen molar-refractivity contribution in [2.75, 3.05) is 13.2 Å². The number of ether oxygens (including phenoxy) is 1. The molecule has 15 heavy (non-hydrogen) atoms. The van der Waals surface area contributed by atoms with E-state index in [9.17, 15) is 0 Å². The number of hydrogen-bond donors (Lipinski definition) is 1. The predicted molar refractivity (Wildman–Crippen MR) is 58.8 cm³/mol. The Labute approximate surface area is 91.0 Å². The van der Waals surface area contributed by atoms with Crippen LogP contribution in [-0.2, 0) is 11.3 Å². The van der Waals surface area contributed by atoms with Gasteiger partial charge in [-0.25, -0.2) is 4.98 Å². The second kappa shape index (κ2) is 5.88. The minimum atomic E-state index is 0.317. The maximum atomic E-state index is 5.45. The van der Waals surface area contributed by atoms with E-state index in [1.54, 1.807) is 0 Å². The second-order valence-corrected chi connectivity index (χ2v) is 3.69. The molecule has 1 N–H and O–H groups in total. The number of aromatic nitrogens is 1. The molecule has 0 amide bonds. The van der Waals surface area contributed by atoms with Crippen molar-refractivity contribution in [3.8, 4) is 0 Å². The van der Waals surface area contributed by atoms with E-state index >= 15 is 0 Å². The highest BCUT2D eigenvalue weighted by atomic mass is 16.5. The molecule has 1 rings (SSSR count). The fourth-order valence-corrected chi connectivity index (χ4v) is 1.23. The van der Waals surface area contributed by atoms with Gasteiger partial charge < -0.3 is 14.5 Å². The maximum Gasteiger partial charge on any atom is 0.208 e. The molecule has 0 radical (unpaired) electrons. The van der Waals surface area contributed by atoms with Crippen LogP contribution in [0.15, 0.2) is 4.42 Å². The van der Waals surface area contributed by atoms with Gasteiger partial charge in [0.05, 0.1) is 18.8 Å². The predicted octanol–water partition coefficient (Wildman–Crippen LogP) is 1.81. The van der Waals surface area contributed by atoms with E-state index in [0.29, 0.717) is 12.6 Å².